The summed E-state index contributed by atoms with van der Waals surface area (Å²) in [7, 11) is 0. The molecule has 0 spiro atoms. The number of rotatable bonds is 5. The Bertz CT molecular complexity index is 333. The molecule has 1 aliphatic carbocycles. The average Bonchev–Trinajstić information content (AvgIpc) is 2.65. The SMILES string of the molecule is CC(C)(C)CC(CC(=O)O)NC(=O)C1CC=CC1. The van der Waals surface area contributed by atoms with Crippen molar-refractivity contribution in [3.8, 4) is 0 Å². The molecule has 1 atom stereocenters. The van der Waals surface area contributed by atoms with Crippen molar-refractivity contribution >= 4 is 11.9 Å². The predicted octanol–water partition coefficient (Wildman–Crippen LogP) is 2.35. The molecule has 0 aromatic carbocycles. The van der Waals surface area contributed by atoms with Gasteiger partial charge in [0, 0.05) is 12.0 Å². The van der Waals surface area contributed by atoms with Gasteiger partial charge in [-0.05, 0) is 24.7 Å². The number of carboxylic acid groups (broad SMARTS) is 1. The highest BCUT2D eigenvalue weighted by Crippen LogP contribution is 2.23. The summed E-state index contributed by atoms with van der Waals surface area (Å²) in [4.78, 5) is 22.8. The molecule has 1 aliphatic rings. The van der Waals surface area contributed by atoms with Gasteiger partial charge in [-0.2, -0.15) is 0 Å². The van der Waals surface area contributed by atoms with Crippen LogP contribution in [0.1, 0.15) is 46.5 Å². The number of amides is 1. The van der Waals surface area contributed by atoms with Gasteiger partial charge >= 0.3 is 5.97 Å². The highest BCUT2D eigenvalue weighted by atomic mass is 16.4. The van der Waals surface area contributed by atoms with Crippen molar-refractivity contribution in [2.75, 3.05) is 0 Å². The highest BCUT2D eigenvalue weighted by Gasteiger charge is 2.26. The molecule has 0 fully saturated rings. The maximum atomic E-state index is 12.0. The maximum absolute atomic E-state index is 12.0. The van der Waals surface area contributed by atoms with E-state index in [2.05, 4.69) is 5.32 Å². The van der Waals surface area contributed by atoms with Crippen LogP contribution in [0.25, 0.3) is 0 Å². The Labute approximate surface area is 108 Å². The van der Waals surface area contributed by atoms with Gasteiger partial charge in [0.1, 0.15) is 0 Å². The standard InChI is InChI=1S/C14H23NO3/c1-14(2,3)9-11(8-12(16)17)15-13(18)10-6-4-5-7-10/h4-5,10-11H,6-9H2,1-3H3,(H,15,18)(H,16,17). The highest BCUT2D eigenvalue weighted by molar-refractivity contribution is 5.80. The molecule has 1 amide bonds. The molecule has 0 aliphatic heterocycles. The summed E-state index contributed by atoms with van der Waals surface area (Å²) in [6.07, 6.45) is 6.19. The van der Waals surface area contributed by atoms with Crippen molar-refractivity contribution in [2.24, 2.45) is 11.3 Å². The lowest BCUT2D eigenvalue weighted by molar-refractivity contribution is -0.138. The van der Waals surface area contributed by atoms with Gasteiger partial charge in [0.15, 0.2) is 0 Å². The summed E-state index contributed by atoms with van der Waals surface area (Å²) in [6, 6.07) is -0.282. The molecule has 1 unspecified atom stereocenters. The summed E-state index contributed by atoms with van der Waals surface area (Å²) in [5.74, 6) is -0.897. The second kappa shape index (κ2) is 6.03. The first-order valence-electron chi connectivity index (χ1n) is 6.45. The molecular weight excluding hydrogens is 230 g/mol. The van der Waals surface area contributed by atoms with E-state index < -0.39 is 5.97 Å². The van der Waals surface area contributed by atoms with Crippen molar-refractivity contribution in [1.29, 1.82) is 0 Å². The Morgan fingerprint density at radius 3 is 2.33 bits per heavy atom. The van der Waals surface area contributed by atoms with E-state index in [1.54, 1.807) is 0 Å². The summed E-state index contributed by atoms with van der Waals surface area (Å²) in [5.41, 5.74) is 0.00131. The minimum absolute atomic E-state index is 0.00131. The third kappa shape index (κ3) is 5.34. The van der Waals surface area contributed by atoms with Crippen LogP contribution in [0.15, 0.2) is 12.2 Å². The van der Waals surface area contributed by atoms with Crippen LogP contribution < -0.4 is 5.32 Å². The predicted molar refractivity (Wildman–Crippen MR) is 70.1 cm³/mol. The Morgan fingerprint density at radius 2 is 1.89 bits per heavy atom. The largest absolute Gasteiger partial charge is 0.481 e. The number of allylic oxidation sites excluding steroid dienone is 2. The Kier molecular flexibility index (Phi) is 4.93. The Balaban J connectivity index is 2.54. The van der Waals surface area contributed by atoms with E-state index in [9.17, 15) is 9.59 Å². The monoisotopic (exact) mass is 253 g/mol. The van der Waals surface area contributed by atoms with E-state index in [4.69, 9.17) is 5.11 Å². The summed E-state index contributed by atoms with van der Waals surface area (Å²) < 4.78 is 0. The van der Waals surface area contributed by atoms with Crippen LogP contribution in [0.4, 0.5) is 0 Å². The molecule has 4 heteroatoms. The fraction of sp³-hybridized carbons (Fsp3) is 0.714. The van der Waals surface area contributed by atoms with Crippen LogP contribution in [0.5, 0.6) is 0 Å². The molecule has 0 heterocycles. The van der Waals surface area contributed by atoms with Crippen molar-refractivity contribution in [1.82, 2.24) is 5.32 Å². The Hall–Kier alpha value is -1.32. The summed E-state index contributed by atoms with van der Waals surface area (Å²) in [6.45, 7) is 6.14. The van der Waals surface area contributed by atoms with Crippen LogP contribution >= 0.6 is 0 Å². The van der Waals surface area contributed by atoms with Gasteiger partial charge in [0.05, 0.1) is 6.42 Å². The average molecular weight is 253 g/mol. The molecule has 0 saturated carbocycles. The minimum Gasteiger partial charge on any atom is -0.481 e. The summed E-state index contributed by atoms with van der Waals surface area (Å²) in [5, 5.41) is 11.8. The third-order valence-corrected chi connectivity index (χ3v) is 3.00. The molecule has 0 aromatic rings. The Morgan fingerprint density at radius 1 is 1.33 bits per heavy atom. The summed E-state index contributed by atoms with van der Waals surface area (Å²) >= 11 is 0. The van der Waals surface area contributed by atoms with Crippen LogP contribution in [-0.2, 0) is 9.59 Å². The second-order valence-electron chi connectivity index (χ2n) is 6.21. The van der Waals surface area contributed by atoms with Gasteiger partial charge in [-0.1, -0.05) is 32.9 Å². The zero-order valence-corrected chi connectivity index (χ0v) is 11.4. The van der Waals surface area contributed by atoms with Crippen molar-refractivity contribution in [3.63, 3.8) is 0 Å². The molecule has 18 heavy (non-hydrogen) atoms. The van der Waals surface area contributed by atoms with Gasteiger partial charge in [0.2, 0.25) is 5.91 Å². The van der Waals surface area contributed by atoms with E-state index in [-0.39, 0.29) is 29.7 Å². The minimum atomic E-state index is -0.867. The molecule has 2 N–H and O–H groups in total. The normalized spacial score (nSPS) is 17.7. The molecule has 0 aromatic heterocycles. The van der Waals surface area contributed by atoms with Gasteiger partial charge in [-0.15, -0.1) is 0 Å². The lowest BCUT2D eigenvalue weighted by Crippen LogP contribution is -2.41. The van der Waals surface area contributed by atoms with E-state index in [0.717, 1.165) is 12.8 Å². The third-order valence-electron chi connectivity index (χ3n) is 3.00. The zero-order valence-electron chi connectivity index (χ0n) is 11.4. The molecule has 4 nitrogen and oxygen atoms in total. The van der Waals surface area contributed by atoms with Crippen molar-refractivity contribution in [2.45, 2.75) is 52.5 Å². The lowest BCUT2D eigenvalue weighted by Gasteiger charge is -2.26. The van der Waals surface area contributed by atoms with Gasteiger partial charge < -0.3 is 10.4 Å². The van der Waals surface area contributed by atoms with Crippen LogP contribution in [-0.4, -0.2) is 23.0 Å². The fourth-order valence-corrected chi connectivity index (χ4v) is 2.27. The van der Waals surface area contributed by atoms with Gasteiger partial charge in [-0.25, -0.2) is 0 Å². The maximum Gasteiger partial charge on any atom is 0.305 e. The van der Waals surface area contributed by atoms with E-state index in [1.165, 1.54) is 0 Å². The van der Waals surface area contributed by atoms with Crippen LogP contribution in [0.2, 0.25) is 0 Å². The number of nitrogens with one attached hydrogen (secondary N) is 1. The first-order chi connectivity index (χ1) is 8.28. The molecule has 0 radical (unpaired) electrons. The fourth-order valence-electron chi connectivity index (χ4n) is 2.27. The first kappa shape index (κ1) is 14.7. The molecular formula is C14H23NO3. The topological polar surface area (TPSA) is 66.4 Å². The number of hydrogen-bond acceptors (Lipinski definition) is 2. The lowest BCUT2D eigenvalue weighted by atomic mass is 9.86. The molecule has 0 bridgehead atoms. The number of hydrogen-bond donors (Lipinski definition) is 2. The van der Waals surface area contributed by atoms with Crippen molar-refractivity contribution in [3.05, 3.63) is 12.2 Å². The number of carbonyl (C=O) groups is 2. The van der Waals surface area contributed by atoms with E-state index >= 15 is 0 Å². The van der Waals surface area contributed by atoms with Crippen LogP contribution in [0, 0.1) is 11.3 Å². The first-order valence-corrected chi connectivity index (χ1v) is 6.45. The molecule has 1 rings (SSSR count). The van der Waals surface area contributed by atoms with Crippen LogP contribution in [0.3, 0.4) is 0 Å². The molecule has 0 saturated heterocycles. The smallest absolute Gasteiger partial charge is 0.305 e. The zero-order chi connectivity index (χ0) is 13.8. The number of carbonyl (C=O) groups excluding carboxylic acids is 1. The van der Waals surface area contributed by atoms with Crippen molar-refractivity contribution < 1.29 is 14.7 Å². The number of aliphatic carboxylic acids is 1. The quantitative estimate of drug-likeness (QED) is 0.739. The van der Waals surface area contributed by atoms with E-state index in [0.29, 0.717) is 6.42 Å². The van der Waals surface area contributed by atoms with Gasteiger partial charge in [-0.3, -0.25) is 9.59 Å². The van der Waals surface area contributed by atoms with Gasteiger partial charge in [0.25, 0.3) is 0 Å². The van der Waals surface area contributed by atoms with E-state index in [1.807, 2.05) is 32.9 Å². The molecule has 102 valence electrons. The second-order valence-corrected chi connectivity index (χ2v) is 6.21. The number of carboxylic acids is 1.